The van der Waals surface area contributed by atoms with Crippen LogP contribution in [0.5, 0.6) is 0 Å². The van der Waals surface area contributed by atoms with Crippen molar-refractivity contribution in [3.05, 3.63) is 72.8 Å². The van der Waals surface area contributed by atoms with E-state index in [2.05, 4.69) is 24.0 Å². The molecule has 2 aromatic carbocycles. The Bertz CT molecular complexity index is 895. The number of nitrogens with one attached hydrogen (secondary N) is 1. The highest BCUT2D eigenvalue weighted by atomic mass is 32.2. The van der Waals surface area contributed by atoms with Gasteiger partial charge in [0.25, 0.3) is 0 Å². The quantitative estimate of drug-likeness (QED) is 0.793. The van der Waals surface area contributed by atoms with Crippen LogP contribution in [0.4, 0.5) is 0 Å². The van der Waals surface area contributed by atoms with Gasteiger partial charge in [-0.25, -0.2) is 8.42 Å². The van der Waals surface area contributed by atoms with Gasteiger partial charge in [0, 0.05) is 29.3 Å². The van der Waals surface area contributed by atoms with E-state index in [0.29, 0.717) is 11.3 Å². The number of benzene rings is 2. The van der Waals surface area contributed by atoms with Crippen molar-refractivity contribution >= 4 is 20.7 Å². The Morgan fingerprint density at radius 3 is 2.45 bits per heavy atom. The number of hydrogen-bond donors (Lipinski definition) is 1. The number of sulfone groups is 1. The molecule has 1 heterocycles. The van der Waals surface area contributed by atoms with Crippen LogP contribution in [0.25, 0.3) is 10.9 Å². The maximum Gasteiger partial charge on any atom is 0.177 e. The van der Waals surface area contributed by atoms with Crippen LogP contribution in [0.15, 0.2) is 59.6 Å². The third kappa shape index (κ3) is 2.66. The molecule has 3 nitrogen and oxygen atoms in total. The van der Waals surface area contributed by atoms with Crippen molar-refractivity contribution in [1.29, 1.82) is 0 Å². The van der Waals surface area contributed by atoms with Crippen LogP contribution in [-0.2, 0) is 9.84 Å². The van der Waals surface area contributed by atoms with E-state index in [9.17, 15) is 8.42 Å². The van der Waals surface area contributed by atoms with Gasteiger partial charge < -0.3 is 4.98 Å². The first kappa shape index (κ1) is 14.9. The minimum atomic E-state index is -3.25. The van der Waals surface area contributed by atoms with Crippen LogP contribution >= 0.6 is 0 Å². The molecule has 1 unspecified atom stereocenters. The van der Waals surface area contributed by atoms with Gasteiger partial charge in [-0.2, -0.15) is 0 Å². The molecule has 0 aliphatic rings. The summed E-state index contributed by atoms with van der Waals surface area (Å²) in [5.41, 5.74) is 3.10. The predicted octanol–water partition coefficient (Wildman–Crippen LogP) is 3.93. The second kappa shape index (κ2) is 5.61. The van der Waals surface area contributed by atoms with E-state index in [0.717, 1.165) is 16.5 Å². The smallest absolute Gasteiger partial charge is 0.177 e. The minimum Gasteiger partial charge on any atom is -0.360 e. The molecule has 0 saturated heterocycles. The van der Waals surface area contributed by atoms with E-state index < -0.39 is 9.84 Å². The standard InChI is InChI=1S/C18H18NO2S/c1-3-15(13-7-5-4-6-8-13)14-9-10-17-16(11-14)18(12-19-17)22(2,20)21/h4-12,15,19H,1,3H2,2H3. The molecule has 1 N–H and O–H groups in total. The normalized spacial score (nSPS) is 13.4. The van der Waals surface area contributed by atoms with Gasteiger partial charge in [0.2, 0.25) is 0 Å². The Kier molecular flexibility index (Phi) is 3.79. The fourth-order valence-corrected chi connectivity index (χ4v) is 3.69. The van der Waals surface area contributed by atoms with E-state index in [1.165, 1.54) is 11.8 Å². The molecule has 3 aromatic rings. The summed E-state index contributed by atoms with van der Waals surface area (Å²) in [6, 6.07) is 16.1. The molecular weight excluding hydrogens is 294 g/mol. The van der Waals surface area contributed by atoms with Crippen molar-refractivity contribution in [3.63, 3.8) is 0 Å². The second-order valence-corrected chi connectivity index (χ2v) is 7.47. The van der Waals surface area contributed by atoms with Gasteiger partial charge in [-0.05, 0) is 29.7 Å². The van der Waals surface area contributed by atoms with E-state index in [4.69, 9.17) is 0 Å². The molecular formula is C18H18NO2S. The monoisotopic (exact) mass is 312 g/mol. The lowest BCUT2D eigenvalue weighted by atomic mass is 9.89. The van der Waals surface area contributed by atoms with Crippen LogP contribution in [0, 0.1) is 6.92 Å². The number of fused-ring (bicyclic) bond motifs is 1. The fourth-order valence-electron chi connectivity index (χ4n) is 2.85. The molecule has 0 aliphatic heterocycles. The summed E-state index contributed by atoms with van der Waals surface area (Å²) in [7, 11) is -3.25. The molecule has 0 aliphatic carbocycles. The third-order valence-electron chi connectivity index (χ3n) is 3.96. The highest BCUT2D eigenvalue weighted by Crippen LogP contribution is 2.31. The molecule has 0 amide bonds. The Morgan fingerprint density at radius 2 is 1.82 bits per heavy atom. The van der Waals surface area contributed by atoms with Gasteiger partial charge in [0.05, 0.1) is 4.90 Å². The average Bonchev–Trinajstić information content (AvgIpc) is 2.92. The molecule has 1 radical (unpaired) electrons. The average molecular weight is 312 g/mol. The van der Waals surface area contributed by atoms with Gasteiger partial charge in [0.1, 0.15) is 0 Å². The maximum absolute atomic E-state index is 11.9. The highest BCUT2D eigenvalue weighted by Gasteiger charge is 2.17. The molecule has 113 valence electrons. The number of rotatable bonds is 4. The second-order valence-electron chi connectivity index (χ2n) is 5.48. The largest absolute Gasteiger partial charge is 0.360 e. The Balaban J connectivity index is 2.15. The van der Waals surface area contributed by atoms with E-state index in [1.54, 1.807) is 6.20 Å². The fraction of sp³-hybridized carbons (Fsp3) is 0.167. The molecule has 0 saturated carbocycles. The predicted molar refractivity (Wildman–Crippen MR) is 89.7 cm³/mol. The molecule has 4 heteroatoms. The van der Waals surface area contributed by atoms with Gasteiger partial charge >= 0.3 is 0 Å². The van der Waals surface area contributed by atoms with Gasteiger partial charge in [-0.1, -0.05) is 43.3 Å². The summed E-state index contributed by atoms with van der Waals surface area (Å²) in [6.07, 6.45) is 3.51. The van der Waals surface area contributed by atoms with Crippen LogP contribution in [0.3, 0.4) is 0 Å². The lowest BCUT2D eigenvalue weighted by molar-refractivity contribution is 0.602. The number of aromatic amines is 1. The zero-order valence-corrected chi connectivity index (χ0v) is 13.2. The van der Waals surface area contributed by atoms with Crippen molar-refractivity contribution in [2.24, 2.45) is 0 Å². The van der Waals surface area contributed by atoms with Crippen molar-refractivity contribution in [2.75, 3.05) is 6.26 Å². The molecule has 1 aromatic heterocycles. The van der Waals surface area contributed by atoms with Crippen LogP contribution in [0.1, 0.15) is 23.5 Å². The summed E-state index contributed by atoms with van der Waals surface area (Å²) in [5, 5.41) is 0.745. The molecule has 0 spiro atoms. The number of H-pyrrole nitrogens is 1. The summed E-state index contributed by atoms with van der Waals surface area (Å²) in [4.78, 5) is 3.37. The van der Waals surface area contributed by atoms with Crippen molar-refractivity contribution < 1.29 is 8.42 Å². The number of hydrogen-bond acceptors (Lipinski definition) is 2. The molecule has 3 rings (SSSR count). The van der Waals surface area contributed by atoms with Gasteiger partial charge in [-0.15, -0.1) is 0 Å². The molecule has 22 heavy (non-hydrogen) atoms. The van der Waals surface area contributed by atoms with Crippen molar-refractivity contribution in [2.45, 2.75) is 17.2 Å². The molecule has 0 bridgehead atoms. The van der Waals surface area contributed by atoms with Crippen molar-refractivity contribution in [1.82, 2.24) is 4.98 Å². The zero-order valence-electron chi connectivity index (χ0n) is 12.4. The SMILES string of the molecule is [CH2]CC(c1ccccc1)c1ccc2[nH]cc(S(C)(=O)=O)c2c1. The van der Waals surface area contributed by atoms with E-state index in [1.807, 2.05) is 36.4 Å². The maximum atomic E-state index is 11.9. The Morgan fingerprint density at radius 1 is 1.09 bits per heavy atom. The first-order valence-electron chi connectivity index (χ1n) is 7.16. The van der Waals surface area contributed by atoms with Crippen LogP contribution in [-0.4, -0.2) is 19.7 Å². The van der Waals surface area contributed by atoms with Gasteiger partial charge in [-0.3, -0.25) is 0 Å². The van der Waals surface area contributed by atoms with Crippen LogP contribution in [0.2, 0.25) is 0 Å². The highest BCUT2D eigenvalue weighted by molar-refractivity contribution is 7.91. The van der Waals surface area contributed by atoms with E-state index in [-0.39, 0.29) is 5.92 Å². The summed E-state index contributed by atoms with van der Waals surface area (Å²) in [5.74, 6) is 0.160. The lowest BCUT2D eigenvalue weighted by Crippen LogP contribution is -2.00. The van der Waals surface area contributed by atoms with Crippen molar-refractivity contribution in [3.8, 4) is 0 Å². The number of aromatic nitrogens is 1. The molecule has 1 atom stereocenters. The summed E-state index contributed by atoms with van der Waals surface area (Å²) >= 11 is 0. The van der Waals surface area contributed by atoms with E-state index >= 15 is 0 Å². The summed E-state index contributed by atoms with van der Waals surface area (Å²) in [6.45, 7) is 4.05. The Hall–Kier alpha value is -2.07. The molecule has 0 fully saturated rings. The Labute approximate surface area is 130 Å². The first-order valence-corrected chi connectivity index (χ1v) is 9.05. The van der Waals surface area contributed by atoms with Gasteiger partial charge in [0.15, 0.2) is 9.84 Å². The third-order valence-corrected chi connectivity index (χ3v) is 5.10. The topological polar surface area (TPSA) is 49.9 Å². The minimum absolute atomic E-state index is 0.160. The summed E-state index contributed by atoms with van der Waals surface area (Å²) < 4.78 is 23.8. The lowest BCUT2D eigenvalue weighted by Gasteiger charge is -2.16. The van der Waals surface area contributed by atoms with Crippen LogP contribution < -0.4 is 0 Å². The zero-order chi connectivity index (χ0) is 15.7. The first-order chi connectivity index (χ1) is 10.5.